The Morgan fingerprint density at radius 3 is 2.33 bits per heavy atom. The first-order chi connectivity index (χ1) is 15.5. The molecule has 9 heteroatoms. The van der Waals surface area contributed by atoms with Crippen molar-refractivity contribution < 1.29 is 14.3 Å². The van der Waals surface area contributed by atoms with E-state index in [0.29, 0.717) is 17.2 Å². The summed E-state index contributed by atoms with van der Waals surface area (Å²) in [6, 6.07) is 17.3. The van der Waals surface area contributed by atoms with Gasteiger partial charge in [-0.1, -0.05) is 30.3 Å². The molecule has 0 spiro atoms. The van der Waals surface area contributed by atoms with Gasteiger partial charge in [0.25, 0.3) is 11.8 Å². The molecular weight excluding hydrogens is 460 g/mol. The van der Waals surface area contributed by atoms with Crippen LogP contribution < -0.4 is 10.2 Å². The van der Waals surface area contributed by atoms with E-state index in [1.807, 2.05) is 60.0 Å². The average Bonchev–Trinajstić information content (AvgIpc) is 3.36. The van der Waals surface area contributed by atoms with Gasteiger partial charge in [-0.2, -0.15) is 5.01 Å². The number of hydrogen-bond acceptors (Lipinski definition) is 7. The Balaban J connectivity index is 0.00000259. The van der Waals surface area contributed by atoms with Crippen LogP contribution in [-0.4, -0.2) is 33.9 Å². The number of benzene rings is 2. The lowest BCUT2D eigenvalue weighted by Gasteiger charge is -2.18. The molecule has 5 rings (SSSR count). The number of amides is 2. The summed E-state index contributed by atoms with van der Waals surface area (Å²) in [6.45, 7) is 1.61. The van der Waals surface area contributed by atoms with E-state index < -0.39 is 11.8 Å². The molecule has 2 aromatic carbocycles. The highest BCUT2D eigenvalue weighted by Crippen LogP contribution is 2.38. The Kier molecular flexibility index (Phi) is 6.13. The summed E-state index contributed by atoms with van der Waals surface area (Å²) in [4.78, 5) is 35.1. The van der Waals surface area contributed by atoms with Crippen molar-refractivity contribution in [2.75, 3.05) is 12.5 Å². The van der Waals surface area contributed by atoms with Crippen LogP contribution >= 0.6 is 23.7 Å². The summed E-state index contributed by atoms with van der Waals surface area (Å²) in [5, 5.41) is 3.75. The van der Waals surface area contributed by atoms with Crippen molar-refractivity contribution in [3.8, 4) is 28.3 Å². The van der Waals surface area contributed by atoms with Crippen LogP contribution in [0.5, 0.6) is 5.75 Å². The molecule has 166 valence electrons. The van der Waals surface area contributed by atoms with Gasteiger partial charge in [0.2, 0.25) is 0 Å². The number of aromatic nitrogens is 2. The monoisotopic (exact) mass is 478 g/mol. The zero-order valence-electron chi connectivity index (χ0n) is 17.7. The fourth-order valence-corrected chi connectivity index (χ4v) is 4.47. The Morgan fingerprint density at radius 2 is 1.70 bits per heavy atom. The molecule has 1 N–H and O–H groups in total. The lowest BCUT2D eigenvalue weighted by molar-refractivity contribution is -0.135. The number of rotatable bonds is 5. The number of hydrogen-bond donors (Lipinski definition) is 1. The van der Waals surface area contributed by atoms with Gasteiger partial charge in [0.05, 0.1) is 12.5 Å². The number of carbonyl (C=O) groups excluding carboxylic acids is 2. The van der Waals surface area contributed by atoms with E-state index in [1.165, 1.54) is 17.4 Å². The maximum atomic E-state index is 12.5. The van der Waals surface area contributed by atoms with Crippen molar-refractivity contribution in [2.45, 2.75) is 6.92 Å². The molecule has 7 nitrogen and oxygen atoms in total. The Hall–Kier alpha value is -3.75. The molecule has 2 amide bonds. The van der Waals surface area contributed by atoms with Crippen molar-refractivity contribution >= 4 is 51.6 Å². The van der Waals surface area contributed by atoms with Gasteiger partial charge in [-0.15, -0.1) is 23.7 Å². The number of fused-ring (bicyclic) bond motifs is 1. The molecule has 0 saturated carbocycles. The number of imide groups is 1. The van der Waals surface area contributed by atoms with E-state index in [-0.39, 0.29) is 12.4 Å². The van der Waals surface area contributed by atoms with Gasteiger partial charge in [-0.3, -0.25) is 15.0 Å². The molecule has 33 heavy (non-hydrogen) atoms. The number of thiophene rings is 1. The second-order valence-corrected chi connectivity index (χ2v) is 8.10. The fraction of sp³-hybridized carbons (Fsp3) is 0.0833. The van der Waals surface area contributed by atoms with E-state index in [4.69, 9.17) is 14.7 Å². The lowest BCUT2D eigenvalue weighted by atomic mass is 10.1. The van der Waals surface area contributed by atoms with Gasteiger partial charge in [0.15, 0.2) is 11.6 Å². The first kappa shape index (κ1) is 22.4. The van der Waals surface area contributed by atoms with Gasteiger partial charge < -0.3 is 4.74 Å². The summed E-state index contributed by atoms with van der Waals surface area (Å²) in [5.74, 6) is 0.773. The maximum absolute atomic E-state index is 12.5. The number of methoxy groups -OCH3 is 1. The van der Waals surface area contributed by atoms with Gasteiger partial charge in [-0.05, 0) is 36.8 Å². The van der Waals surface area contributed by atoms with E-state index >= 15 is 0 Å². The Morgan fingerprint density at radius 1 is 0.970 bits per heavy atom. The SMILES string of the molecule is COc1ccc(-c2nc(NN3C(=O)C=C(C)C3=O)c3c(-c4ccccc4)csc3n2)cc1.Cl. The van der Waals surface area contributed by atoms with Crippen LogP contribution in [0.25, 0.3) is 32.7 Å². The molecule has 0 radical (unpaired) electrons. The molecule has 4 aromatic rings. The molecule has 0 atom stereocenters. The number of nitrogens with zero attached hydrogens (tertiary/aromatic N) is 3. The molecule has 1 aliphatic rings. The van der Waals surface area contributed by atoms with Gasteiger partial charge in [-0.25, -0.2) is 9.97 Å². The quantitative estimate of drug-likeness (QED) is 0.402. The normalized spacial score (nSPS) is 13.2. The van der Waals surface area contributed by atoms with Crippen LogP contribution in [0.4, 0.5) is 5.82 Å². The molecule has 3 heterocycles. The number of nitrogens with one attached hydrogen (secondary N) is 1. The van der Waals surface area contributed by atoms with E-state index in [9.17, 15) is 9.59 Å². The summed E-state index contributed by atoms with van der Waals surface area (Å²) in [5.41, 5.74) is 6.04. The minimum Gasteiger partial charge on any atom is -0.497 e. The molecule has 0 bridgehead atoms. The summed E-state index contributed by atoms with van der Waals surface area (Å²) in [7, 11) is 1.61. The molecule has 0 unspecified atom stereocenters. The largest absolute Gasteiger partial charge is 0.497 e. The Labute approximate surface area is 200 Å². The first-order valence-electron chi connectivity index (χ1n) is 9.87. The van der Waals surface area contributed by atoms with Crippen LogP contribution in [0.15, 0.2) is 71.6 Å². The minimum absolute atomic E-state index is 0. The topological polar surface area (TPSA) is 84.4 Å². The van der Waals surface area contributed by atoms with Crippen molar-refractivity contribution in [3.63, 3.8) is 0 Å². The number of halogens is 1. The minimum atomic E-state index is -0.429. The van der Waals surface area contributed by atoms with E-state index in [0.717, 1.165) is 37.7 Å². The molecular formula is C24H19ClN4O3S. The second kappa shape index (κ2) is 9.01. The highest BCUT2D eigenvalue weighted by atomic mass is 35.5. The van der Waals surface area contributed by atoms with Crippen molar-refractivity contribution in [1.82, 2.24) is 15.0 Å². The molecule has 1 aliphatic heterocycles. The average molecular weight is 479 g/mol. The number of carbonyl (C=O) groups is 2. The molecule has 0 saturated heterocycles. The maximum Gasteiger partial charge on any atom is 0.275 e. The van der Waals surface area contributed by atoms with Gasteiger partial charge in [0.1, 0.15) is 10.6 Å². The predicted molar refractivity (Wildman–Crippen MR) is 131 cm³/mol. The zero-order valence-corrected chi connectivity index (χ0v) is 19.4. The molecule has 2 aromatic heterocycles. The van der Waals surface area contributed by atoms with Crippen molar-refractivity contribution in [2.24, 2.45) is 0 Å². The fourth-order valence-electron chi connectivity index (χ4n) is 3.52. The van der Waals surface area contributed by atoms with Crippen LogP contribution in [0.2, 0.25) is 0 Å². The number of hydrazine groups is 1. The van der Waals surface area contributed by atoms with Crippen molar-refractivity contribution in [1.29, 1.82) is 0 Å². The third kappa shape index (κ3) is 4.06. The summed E-state index contributed by atoms with van der Waals surface area (Å²) >= 11 is 1.48. The van der Waals surface area contributed by atoms with Crippen molar-refractivity contribution in [3.05, 3.63) is 71.6 Å². The highest BCUT2D eigenvalue weighted by Gasteiger charge is 2.30. The summed E-state index contributed by atoms with van der Waals surface area (Å²) in [6.07, 6.45) is 1.31. The van der Waals surface area contributed by atoms with Gasteiger partial charge in [0, 0.05) is 28.2 Å². The Bertz CT molecular complexity index is 1380. The van der Waals surface area contributed by atoms with Gasteiger partial charge >= 0.3 is 0 Å². The van der Waals surface area contributed by atoms with Crippen LogP contribution in [-0.2, 0) is 9.59 Å². The lowest BCUT2D eigenvalue weighted by Crippen LogP contribution is -2.36. The molecule has 0 aliphatic carbocycles. The summed E-state index contributed by atoms with van der Waals surface area (Å²) < 4.78 is 5.24. The first-order valence-corrected chi connectivity index (χ1v) is 10.8. The third-order valence-corrected chi connectivity index (χ3v) is 6.06. The third-order valence-electron chi connectivity index (χ3n) is 5.19. The van der Waals surface area contributed by atoms with Crippen LogP contribution in [0.1, 0.15) is 6.92 Å². The van der Waals surface area contributed by atoms with Crippen LogP contribution in [0.3, 0.4) is 0 Å². The number of anilines is 1. The second-order valence-electron chi connectivity index (χ2n) is 7.24. The highest BCUT2D eigenvalue weighted by molar-refractivity contribution is 7.17. The smallest absolute Gasteiger partial charge is 0.275 e. The number of ether oxygens (including phenoxy) is 1. The zero-order chi connectivity index (χ0) is 22.2. The van der Waals surface area contributed by atoms with E-state index in [2.05, 4.69) is 5.43 Å². The van der Waals surface area contributed by atoms with E-state index in [1.54, 1.807) is 14.0 Å². The van der Waals surface area contributed by atoms with Crippen LogP contribution in [0, 0.1) is 0 Å². The predicted octanol–water partition coefficient (Wildman–Crippen LogP) is 5.10. The molecule has 0 fully saturated rings. The standard InChI is InChI=1S/C24H18N4O3S.ClH/c1-14-12-19(29)28(24(14)30)27-22-20-18(15-6-4-3-5-7-15)13-32-23(20)26-21(25-22)16-8-10-17(31-2)11-9-16;/h3-13H,1-2H3,(H,25,26,27);1H.